The molecule has 0 heterocycles. The van der Waals surface area contributed by atoms with Crippen LogP contribution in [-0.4, -0.2) is 31.9 Å². The summed E-state index contributed by atoms with van der Waals surface area (Å²) >= 11 is 0. The lowest BCUT2D eigenvalue weighted by Gasteiger charge is -2.31. The molecule has 0 aromatic heterocycles. The van der Waals surface area contributed by atoms with Gasteiger partial charge in [-0.2, -0.15) is 0 Å². The minimum atomic E-state index is -0.799. The van der Waals surface area contributed by atoms with Crippen LogP contribution >= 0.6 is 0 Å². The van der Waals surface area contributed by atoms with Crippen molar-refractivity contribution in [1.82, 2.24) is 5.32 Å². The molecule has 0 saturated heterocycles. The molecule has 0 aromatic carbocycles. The molecule has 3 N–H and O–H groups in total. The van der Waals surface area contributed by atoms with Gasteiger partial charge < -0.3 is 20.5 Å². The predicted octanol–water partition coefficient (Wildman–Crippen LogP) is 2.41. The fraction of sp³-hybridized carbons (Fsp3) is 0.846. The molecule has 6 nitrogen and oxygen atoms in total. The molecule has 19 heavy (non-hydrogen) atoms. The maximum absolute atomic E-state index is 11.4. The van der Waals surface area contributed by atoms with Crippen molar-refractivity contribution in [3.05, 3.63) is 0 Å². The lowest BCUT2D eigenvalue weighted by atomic mass is 9.82. The van der Waals surface area contributed by atoms with E-state index in [-0.39, 0.29) is 18.6 Å². The Bertz CT molecular complexity index is 284. The Labute approximate surface area is 115 Å². The van der Waals surface area contributed by atoms with Crippen LogP contribution in [-0.2, 0) is 9.47 Å². The third kappa shape index (κ3) is 7.54. The SMILES string of the molecule is CCCCC(CC)(COC(N)=O)COC(=O)NCC. The normalized spacial score (nSPS) is 13.4. The maximum atomic E-state index is 11.4. The summed E-state index contributed by atoms with van der Waals surface area (Å²) in [7, 11) is 0. The third-order valence-corrected chi connectivity index (χ3v) is 3.16. The lowest BCUT2D eigenvalue weighted by Crippen LogP contribution is -2.37. The van der Waals surface area contributed by atoms with E-state index in [1.165, 1.54) is 0 Å². The first-order valence-corrected chi connectivity index (χ1v) is 6.82. The molecule has 0 saturated carbocycles. The third-order valence-electron chi connectivity index (χ3n) is 3.16. The van der Waals surface area contributed by atoms with Crippen molar-refractivity contribution in [3.8, 4) is 0 Å². The molecule has 112 valence electrons. The van der Waals surface area contributed by atoms with E-state index in [0.717, 1.165) is 25.7 Å². The summed E-state index contributed by atoms with van der Waals surface area (Å²) in [6.45, 7) is 6.81. The summed E-state index contributed by atoms with van der Waals surface area (Å²) in [6.07, 6.45) is 2.34. The Kier molecular flexibility index (Phi) is 8.74. The Morgan fingerprint density at radius 3 is 2.26 bits per heavy atom. The lowest BCUT2D eigenvalue weighted by molar-refractivity contribution is 0.0193. The van der Waals surface area contributed by atoms with Gasteiger partial charge in [0.25, 0.3) is 0 Å². The zero-order valence-electron chi connectivity index (χ0n) is 12.2. The molecule has 0 spiro atoms. The molecule has 0 radical (unpaired) electrons. The Balaban J connectivity index is 4.51. The molecular formula is C13H26N2O4. The van der Waals surface area contributed by atoms with E-state index in [1.807, 2.05) is 13.8 Å². The van der Waals surface area contributed by atoms with E-state index in [9.17, 15) is 9.59 Å². The van der Waals surface area contributed by atoms with Crippen molar-refractivity contribution < 1.29 is 19.1 Å². The zero-order valence-corrected chi connectivity index (χ0v) is 12.2. The number of carbonyl (C=O) groups is 2. The molecule has 0 rings (SSSR count). The van der Waals surface area contributed by atoms with E-state index < -0.39 is 12.2 Å². The molecule has 0 bridgehead atoms. The predicted molar refractivity (Wildman–Crippen MR) is 72.8 cm³/mol. The monoisotopic (exact) mass is 274 g/mol. The molecule has 0 aliphatic heterocycles. The van der Waals surface area contributed by atoms with E-state index >= 15 is 0 Å². The van der Waals surface area contributed by atoms with Crippen LogP contribution in [0.2, 0.25) is 0 Å². The first-order valence-electron chi connectivity index (χ1n) is 6.82. The first-order chi connectivity index (χ1) is 8.99. The summed E-state index contributed by atoms with van der Waals surface area (Å²) in [5.74, 6) is 0. The van der Waals surface area contributed by atoms with Gasteiger partial charge in [0.1, 0.15) is 13.2 Å². The van der Waals surface area contributed by atoms with Crippen LogP contribution in [0.3, 0.4) is 0 Å². The number of hydrogen-bond acceptors (Lipinski definition) is 4. The van der Waals surface area contributed by atoms with Crippen molar-refractivity contribution in [2.45, 2.75) is 46.5 Å². The highest BCUT2D eigenvalue weighted by Gasteiger charge is 2.31. The van der Waals surface area contributed by atoms with Crippen molar-refractivity contribution in [1.29, 1.82) is 0 Å². The van der Waals surface area contributed by atoms with Crippen LogP contribution in [0.4, 0.5) is 9.59 Å². The maximum Gasteiger partial charge on any atom is 0.407 e. The molecule has 6 heteroatoms. The van der Waals surface area contributed by atoms with E-state index in [1.54, 1.807) is 0 Å². The number of nitrogens with two attached hydrogens (primary N) is 1. The molecular weight excluding hydrogens is 248 g/mol. The minimum absolute atomic E-state index is 0.179. The number of unbranched alkanes of at least 4 members (excludes halogenated alkanes) is 1. The second kappa shape index (κ2) is 9.47. The number of alkyl carbamates (subject to hydrolysis) is 1. The van der Waals surface area contributed by atoms with Gasteiger partial charge >= 0.3 is 12.2 Å². The van der Waals surface area contributed by atoms with Gasteiger partial charge in [-0.05, 0) is 19.8 Å². The van der Waals surface area contributed by atoms with Gasteiger partial charge in [0.15, 0.2) is 0 Å². The summed E-state index contributed by atoms with van der Waals surface area (Å²) in [5, 5.41) is 2.57. The van der Waals surface area contributed by atoms with Crippen LogP contribution < -0.4 is 11.1 Å². The van der Waals surface area contributed by atoms with E-state index in [4.69, 9.17) is 15.2 Å². The summed E-state index contributed by atoms with van der Waals surface area (Å²) < 4.78 is 10.1. The quantitative estimate of drug-likeness (QED) is 0.675. The van der Waals surface area contributed by atoms with Crippen molar-refractivity contribution in [2.75, 3.05) is 19.8 Å². The number of nitrogens with one attached hydrogen (secondary N) is 1. The minimum Gasteiger partial charge on any atom is -0.449 e. The largest absolute Gasteiger partial charge is 0.449 e. The summed E-state index contributed by atoms with van der Waals surface area (Å²) in [5.41, 5.74) is 4.65. The smallest absolute Gasteiger partial charge is 0.407 e. The van der Waals surface area contributed by atoms with Gasteiger partial charge in [-0.25, -0.2) is 9.59 Å². The first kappa shape index (κ1) is 17.5. The number of amides is 2. The fourth-order valence-electron chi connectivity index (χ4n) is 1.76. The summed E-state index contributed by atoms with van der Waals surface area (Å²) in [4.78, 5) is 22.1. The second-order valence-electron chi connectivity index (χ2n) is 4.67. The number of primary amides is 1. The Morgan fingerprint density at radius 2 is 1.79 bits per heavy atom. The van der Waals surface area contributed by atoms with Crippen LogP contribution in [0.15, 0.2) is 0 Å². The standard InChI is InChI=1S/C13H26N2O4/c1-4-7-8-13(5-2,9-18-11(14)16)10-19-12(17)15-6-3/h4-10H2,1-3H3,(H2,14,16)(H,15,17). The zero-order chi connectivity index (χ0) is 14.7. The van der Waals surface area contributed by atoms with Crippen molar-refractivity contribution in [3.63, 3.8) is 0 Å². The van der Waals surface area contributed by atoms with Crippen LogP contribution in [0, 0.1) is 5.41 Å². The van der Waals surface area contributed by atoms with Gasteiger partial charge in [0.05, 0.1) is 0 Å². The molecule has 0 aliphatic carbocycles. The number of ether oxygens (including phenoxy) is 2. The van der Waals surface area contributed by atoms with Crippen LogP contribution in [0.1, 0.15) is 46.5 Å². The highest BCUT2D eigenvalue weighted by molar-refractivity contribution is 5.67. The summed E-state index contributed by atoms with van der Waals surface area (Å²) in [6, 6.07) is 0. The van der Waals surface area contributed by atoms with Gasteiger partial charge in [0, 0.05) is 12.0 Å². The topological polar surface area (TPSA) is 90.7 Å². The number of rotatable bonds is 9. The Hall–Kier alpha value is -1.46. The van der Waals surface area contributed by atoms with E-state index in [0.29, 0.717) is 6.54 Å². The van der Waals surface area contributed by atoms with Gasteiger partial charge in [-0.15, -0.1) is 0 Å². The Morgan fingerprint density at radius 1 is 1.16 bits per heavy atom. The number of hydrogen-bond donors (Lipinski definition) is 2. The van der Waals surface area contributed by atoms with Gasteiger partial charge in [-0.1, -0.05) is 26.7 Å². The molecule has 2 amide bonds. The van der Waals surface area contributed by atoms with Crippen molar-refractivity contribution in [2.24, 2.45) is 11.1 Å². The molecule has 1 atom stereocenters. The number of carbonyl (C=O) groups excluding carboxylic acids is 2. The van der Waals surface area contributed by atoms with Crippen LogP contribution in [0.5, 0.6) is 0 Å². The molecule has 0 fully saturated rings. The highest BCUT2D eigenvalue weighted by atomic mass is 16.6. The molecule has 0 aliphatic rings. The van der Waals surface area contributed by atoms with Crippen molar-refractivity contribution >= 4 is 12.2 Å². The van der Waals surface area contributed by atoms with Gasteiger partial charge in [-0.3, -0.25) is 0 Å². The van der Waals surface area contributed by atoms with E-state index in [2.05, 4.69) is 12.2 Å². The highest BCUT2D eigenvalue weighted by Crippen LogP contribution is 2.30. The molecule has 1 unspecified atom stereocenters. The molecule has 0 aromatic rings. The second-order valence-corrected chi connectivity index (χ2v) is 4.67. The van der Waals surface area contributed by atoms with Gasteiger partial charge in [0.2, 0.25) is 0 Å². The average molecular weight is 274 g/mol. The fourth-order valence-corrected chi connectivity index (χ4v) is 1.76. The average Bonchev–Trinajstić information content (AvgIpc) is 2.39. The van der Waals surface area contributed by atoms with Crippen LogP contribution in [0.25, 0.3) is 0 Å².